The Hall–Kier alpha value is -11.9. The zero-order valence-corrected chi connectivity index (χ0v) is 76.8. The molecule has 0 bridgehead atoms. The summed E-state index contributed by atoms with van der Waals surface area (Å²) in [5.74, 6) is 0.685. The summed E-state index contributed by atoms with van der Waals surface area (Å²) in [5.41, 5.74) is 25.9. The van der Waals surface area contributed by atoms with Gasteiger partial charge < -0.3 is 27.8 Å². The first-order valence-electron chi connectivity index (χ1n) is 43.3. The predicted octanol–water partition coefficient (Wildman–Crippen LogP) is 19.4. The highest BCUT2D eigenvalue weighted by molar-refractivity contribution is 9.25. The quantitative estimate of drug-likeness (QED) is 0.127. The van der Waals surface area contributed by atoms with Crippen LogP contribution in [0.15, 0.2) is 390 Å². The van der Waals surface area contributed by atoms with Crippen LogP contribution in [0.5, 0.6) is 0 Å². The van der Waals surface area contributed by atoms with Crippen LogP contribution in [0.25, 0.3) is 65.7 Å². The van der Waals surface area contributed by atoms with Gasteiger partial charge in [-0.3, -0.25) is 14.7 Å². The van der Waals surface area contributed by atoms with E-state index in [0.29, 0.717) is 5.92 Å². The molecule has 18 aromatic rings. The molecule has 0 spiro atoms. The van der Waals surface area contributed by atoms with E-state index in [1.165, 1.54) is 44.3 Å². The largest absolute Gasteiger partial charge is 0.456 e. The standard InChI is InChI=1S/C54H39B2N2O2P.C24H21BrN2.C18H11B2Br2OP.C13H10O.CH4.FH.H2/c1-54(2)38-17-4-8-23-45(38)58(46-24-9-5-18-39(46)54)47-30-29-40(36-16-14-32-57-52(36)47)56-42-20-7-12-27-51(42)61(59)50-26-11-6-19-41(50)55(43-21-13-22-44(56)53(43)61)34-28-31-49-37(33-34)35-15-3-10-25-48(35)60-49;1-24(2)17-9-3-5-11-20(17)27(21-12-6-4-10-18(21)24)22-14-13-19(25)16-8-7-15-26-23(16)22;21-19-12-6-1-3-10-16(12)24(23)17-11-4-2-7-13(17)20(22)15-9-5-8-14(19)18(15)24;1-9-6-7-13-11(8-9)10-4-2-3-5-12(10)14-13;;;/h3-33,38,45H,1-2H3;3-15,17,20H,1-2H3;1-11H;2-8H,1H3;1H4;2*1H. The van der Waals surface area contributed by atoms with Crippen molar-refractivity contribution in [2.75, 3.05) is 9.80 Å². The molecule has 0 amide bonds. The van der Waals surface area contributed by atoms with Crippen molar-refractivity contribution in [1.82, 2.24) is 9.97 Å². The van der Waals surface area contributed by atoms with Crippen molar-refractivity contribution in [2.45, 2.75) is 65.0 Å². The molecule has 14 aromatic carbocycles. The Kier molecular flexibility index (Phi) is 20.8. The van der Waals surface area contributed by atoms with Gasteiger partial charge in [-0.15, -0.1) is 31.5 Å². The first-order valence-corrected chi connectivity index (χ1v) is 49.3. The highest BCUT2D eigenvalue weighted by atomic mass is 79.9. The van der Waals surface area contributed by atoms with Gasteiger partial charge in [0.05, 0.1) is 34.5 Å². The zero-order valence-electron chi connectivity index (χ0n) is 70.3. The van der Waals surface area contributed by atoms with Gasteiger partial charge >= 0.3 is 0 Å². The molecule has 26 rings (SSSR count). The molecule has 10 heterocycles. The number of anilines is 4. The van der Waals surface area contributed by atoms with Crippen molar-refractivity contribution in [2.24, 2.45) is 11.8 Å². The molecular formula is C110H88B4Br3FN4O4P2. The van der Waals surface area contributed by atoms with Crippen LogP contribution in [-0.2, 0) is 20.0 Å². The predicted molar refractivity (Wildman–Crippen MR) is 558 cm³/mol. The Morgan fingerprint density at radius 3 is 1.30 bits per heavy atom. The van der Waals surface area contributed by atoms with Crippen LogP contribution < -0.4 is 96.3 Å². The van der Waals surface area contributed by atoms with E-state index in [9.17, 15) is 4.57 Å². The molecule has 0 N–H and O–H groups in total. The third-order valence-electron chi connectivity index (χ3n) is 28.0. The van der Waals surface area contributed by atoms with Crippen LogP contribution >= 0.6 is 61.7 Å². The van der Waals surface area contributed by atoms with Gasteiger partial charge in [-0.1, -0.05) is 403 Å². The highest BCUT2D eigenvalue weighted by Crippen LogP contribution is 2.55. The Morgan fingerprint density at radius 1 is 0.359 bits per heavy atom. The molecule has 6 aliphatic heterocycles. The molecule has 0 saturated carbocycles. The van der Waals surface area contributed by atoms with Gasteiger partial charge in [0.15, 0.2) is 14.3 Å². The van der Waals surface area contributed by atoms with Crippen molar-refractivity contribution < 1.29 is 24.1 Å². The lowest BCUT2D eigenvalue weighted by atomic mass is 9.33. The summed E-state index contributed by atoms with van der Waals surface area (Å²) in [6, 6.07) is 111. The average Bonchev–Trinajstić information content (AvgIpc) is 1.19. The van der Waals surface area contributed by atoms with Crippen molar-refractivity contribution in [3.8, 4) is 0 Å². The van der Waals surface area contributed by atoms with Crippen molar-refractivity contribution in [1.29, 1.82) is 0 Å². The molecular weight excluding hydrogens is 1810 g/mol. The fraction of sp³-hybridized carbons (Fsp3) is 0.109. The van der Waals surface area contributed by atoms with Crippen LogP contribution in [0.2, 0.25) is 0 Å². The molecule has 128 heavy (non-hydrogen) atoms. The van der Waals surface area contributed by atoms with Crippen LogP contribution in [0.4, 0.5) is 27.5 Å². The van der Waals surface area contributed by atoms with E-state index in [-0.39, 0.29) is 66.9 Å². The minimum absolute atomic E-state index is 0. The number of pyridine rings is 2. The van der Waals surface area contributed by atoms with Crippen LogP contribution in [-0.4, -0.2) is 46.6 Å². The van der Waals surface area contributed by atoms with Crippen LogP contribution in [0.1, 0.15) is 53.2 Å². The Labute approximate surface area is 773 Å². The molecule has 622 valence electrons. The maximum atomic E-state index is 16.6. The third-order valence-corrected chi connectivity index (χ3v) is 37.3. The summed E-state index contributed by atoms with van der Waals surface area (Å²) in [5, 5.41) is 12.7. The van der Waals surface area contributed by atoms with Gasteiger partial charge in [-0.25, -0.2) is 0 Å². The number of nitrogens with zero attached hydrogens (tertiary/aromatic N) is 4. The van der Waals surface area contributed by atoms with E-state index in [1.54, 1.807) is 0 Å². The topological polar surface area (TPSA) is 92.7 Å². The Morgan fingerprint density at radius 2 is 0.750 bits per heavy atom. The first-order chi connectivity index (χ1) is 61.5. The lowest BCUT2D eigenvalue weighted by Crippen LogP contribution is -2.74. The summed E-state index contributed by atoms with van der Waals surface area (Å²) in [6.45, 7) is 11.3. The number of halogens is 4. The van der Waals surface area contributed by atoms with E-state index in [0.717, 1.165) is 152 Å². The van der Waals surface area contributed by atoms with Gasteiger partial charge in [0, 0.05) is 111 Å². The number of allylic oxidation sites excluding steroid dienone is 4. The smallest absolute Gasteiger partial charge is 0.288 e. The van der Waals surface area contributed by atoms with E-state index in [2.05, 4.69) is 377 Å². The summed E-state index contributed by atoms with van der Waals surface area (Å²) in [6.07, 6.45) is 22.0. The normalized spacial score (nSPS) is 18.7. The van der Waals surface area contributed by atoms with E-state index >= 15 is 4.57 Å². The Balaban J connectivity index is 0.000000126. The highest BCUT2D eigenvalue weighted by Gasteiger charge is 2.54. The molecule has 5 unspecified atom stereocenters. The third kappa shape index (κ3) is 12.6. The number of aryl methyl sites for hydroxylation is 1. The van der Waals surface area contributed by atoms with Gasteiger partial charge in [-0.05, 0) is 96.2 Å². The fourth-order valence-corrected chi connectivity index (χ4v) is 32.3. The Bertz CT molecular complexity index is 7790. The minimum atomic E-state index is -3.32. The molecule has 18 heteroatoms. The average molecular weight is 1890 g/mol. The van der Waals surface area contributed by atoms with Crippen molar-refractivity contribution in [3.63, 3.8) is 0 Å². The number of rotatable bonds is 4. The van der Waals surface area contributed by atoms with E-state index in [4.69, 9.17) is 18.8 Å². The second-order valence-electron chi connectivity index (χ2n) is 35.4. The molecule has 4 aromatic heterocycles. The molecule has 0 fully saturated rings. The lowest BCUT2D eigenvalue weighted by Gasteiger charge is -2.50. The fourth-order valence-electron chi connectivity index (χ4n) is 22.3. The first kappa shape index (κ1) is 83.1. The van der Waals surface area contributed by atoms with Gasteiger partial charge in [0.1, 0.15) is 22.3 Å². The minimum Gasteiger partial charge on any atom is -0.456 e. The number of hydrogen-bond donors (Lipinski definition) is 0. The van der Waals surface area contributed by atoms with Gasteiger partial charge in [0.25, 0.3) is 11.1 Å². The van der Waals surface area contributed by atoms with Crippen LogP contribution in [0, 0.1) is 18.8 Å². The molecule has 0 radical (unpaired) electrons. The number of hydrogen-bond acceptors (Lipinski definition) is 8. The van der Waals surface area contributed by atoms with Crippen molar-refractivity contribution in [3.05, 3.63) is 398 Å². The van der Waals surface area contributed by atoms with Crippen LogP contribution in [0.3, 0.4) is 0 Å². The molecule has 8 nitrogen and oxygen atoms in total. The molecule has 0 saturated heterocycles. The summed E-state index contributed by atoms with van der Waals surface area (Å²) >= 11 is 11.4. The number of aromatic nitrogens is 2. The maximum Gasteiger partial charge on any atom is 0.288 e. The van der Waals surface area contributed by atoms with Gasteiger partial charge in [-0.2, -0.15) is 0 Å². The molecule has 8 aliphatic rings. The van der Waals surface area contributed by atoms with Gasteiger partial charge in [0.2, 0.25) is 13.4 Å². The SMILES string of the molecule is C.CC1(C)c2ccccc2N(c2ccc(B3c4ccccc4P4(=O)c5ccccc5B(c5ccc6oc7ccccc7c6c5)c5cccc3c54)c3cccnc23)C2C=CC=CC21.CC1(C)c2ccccc2N(c2ccc(Br)c3cccnc23)C2C=CC=CC21.Cc1ccc2oc3ccccc3c2c1.F.O=P12c3ccccc3B(Br)c3cccc(c31)B(Br)c1ccccc12.[HH]. The van der Waals surface area contributed by atoms with E-state index < -0.39 is 14.3 Å². The number of para-hydroxylation sites is 4. The summed E-state index contributed by atoms with van der Waals surface area (Å²) < 4.78 is 44.3. The second-order valence-corrected chi connectivity index (χ2v) is 43.3. The number of fused-ring (bicyclic) bond motifs is 20. The molecule has 2 aliphatic carbocycles. The second kappa shape index (κ2) is 32.1. The summed E-state index contributed by atoms with van der Waals surface area (Å²) in [7, 11) is -6.17. The van der Waals surface area contributed by atoms with E-state index in [1.807, 2.05) is 91.3 Å². The zero-order chi connectivity index (χ0) is 85.2. The monoisotopic (exact) mass is 1890 g/mol. The maximum absolute atomic E-state index is 16.6. The van der Waals surface area contributed by atoms with Crippen molar-refractivity contribution >= 4 is 261 Å². The number of benzene rings is 14. The lowest BCUT2D eigenvalue weighted by molar-refractivity contribution is 0.332. The summed E-state index contributed by atoms with van der Waals surface area (Å²) in [4.78, 5) is 15.0. The molecule has 5 atom stereocenters. The number of furan rings is 2.